The van der Waals surface area contributed by atoms with Crippen LogP contribution in [0.5, 0.6) is 0 Å². The van der Waals surface area contributed by atoms with Crippen LogP contribution in [0.4, 0.5) is 5.69 Å². The molecule has 2 heteroatoms. The van der Waals surface area contributed by atoms with Crippen LogP contribution in [0.1, 0.15) is 30.9 Å². The standard InChI is InChI=1S/C11H14N2/c1-7(2)8-3-4-10-9(5-8)6-11(12)13-10/h3-5,7H,6H2,1-2H3,(H2,12,13). The molecule has 0 amide bonds. The Labute approximate surface area is 78.5 Å². The fourth-order valence-electron chi connectivity index (χ4n) is 1.60. The molecule has 0 aromatic heterocycles. The topological polar surface area (TPSA) is 38.4 Å². The molecule has 1 aliphatic rings. The average Bonchev–Trinajstić information content (AvgIpc) is 2.42. The highest BCUT2D eigenvalue weighted by Gasteiger charge is 2.12. The maximum absolute atomic E-state index is 5.66. The normalized spacial score (nSPS) is 14.5. The quantitative estimate of drug-likeness (QED) is 0.697. The van der Waals surface area contributed by atoms with E-state index in [-0.39, 0.29) is 0 Å². The molecule has 1 heterocycles. The molecular weight excluding hydrogens is 160 g/mol. The summed E-state index contributed by atoms with van der Waals surface area (Å²) < 4.78 is 0. The summed E-state index contributed by atoms with van der Waals surface area (Å²) in [5.74, 6) is 1.31. The van der Waals surface area contributed by atoms with Crippen molar-refractivity contribution in [2.24, 2.45) is 10.7 Å². The van der Waals surface area contributed by atoms with Crippen molar-refractivity contribution in [3.8, 4) is 0 Å². The van der Waals surface area contributed by atoms with Crippen LogP contribution < -0.4 is 5.73 Å². The van der Waals surface area contributed by atoms with Gasteiger partial charge in [0, 0.05) is 6.42 Å². The molecule has 0 spiro atoms. The van der Waals surface area contributed by atoms with Crippen molar-refractivity contribution < 1.29 is 0 Å². The first-order valence-corrected chi connectivity index (χ1v) is 4.62. The molecule has 1 aliphatic heterocycles. The summed E-state index contributed by atoms with van der Waals surface area (Å²) in [6.45, 7) is 4.39. The first-order chi connectivity index (χ1) is 6.16. The van der Waals surface area contributed by atoms with Gasteiger partial charge in [-0.05, 0) is 23.1 Å². The van der Waals surface area contributed by atoms with Crippen molar-refractivity contribution in [1.82, 2.24) is 0 Å². The molecule has 2 rings (SSSR count). The third-order valence-electron chi connectivity index (χ3n) is 2.41. The highest BCUT2D eigenvalue weighted by atomic mass is 14.9. The van der Waals surface area contributed by atoms with Gasteiger partial charge in [-0.1, -0.05) is 26.0 Å². The molecule has 0 unspecified atom stereocenters. The van der Waals surface area contributed by atoms with E-state index in [4.69, 9.17) is 5.73 Å². The second-order valence-electron chi connectivity index (χ2n) is 3.82. The van der Waals surface area contributed by atoms with Gasteiger partial charge in [-0.3, -0.25) is 0 Å². The number of fused-ring (bicyclic) bond motifs is 1. The maximum atomic E-state index is 5.66. The largest absolute Gasteiger partial charge is 0.387 e. The van der Waals surface area contributed by atoms with Crippen LogP contribution >= 0.6 is 0 Å². The van der Waals surface area contributed by atoms with Gasteiger partial charge in [0.2, 0.25) is 0 Å². The highest BCUT2D eigenvalue weighted by molar-refractivity contribution is 5.90. The van der Waals surface area contributed by atoms with Gasteiger partial charge in [0.05, 0.1) is 5.69 Å². The zero-order valence-corrected chi connectivity index (χ0v) is 8.04. The van der Waals surface area contributed by atoms with Crippen LogP contribution in [0.15, 0.2) is 23.2 Å². The zero-order valence-electron chi connectivity index (χ0n) is 8.04. The van der Waals surface area contributed by atoms with E-state index in [0.29, 0.717) is 5.92 Å². The van der Waals surface area contributed by atoms with E-state index in [9.17, 15) is 0 Å². The Balaban J connectivity index is 2.40. The molecule has 0 aliphatic carbocycles. The van der Waals surface area contributed by atoms with Gasteiger partial charge in [-0.2, -0.15) is 0 Å². The lowest BCUT2D eigenvalue weighted by molar-refractivity contribution is 0.865. The number of nitrogens with zero attached hydrogens (tertiary/aromatic N) is 1. The van der Waals surface area contributed by atoms with Gasteiger partial charge >= 0.3 is 0 Å². The molecular formula is C11H14N2. The maximum Gasteiger partial charge on any atom is 0.104 e. The molecule has 68 valence electrons. The Morgan fingerprint density at radius 2 is 2.15 bits per heavy atom. The van der Waals surface area contributed by atoms with Crippen LogP contribution in [0, 0.1) is 0 Å². The van der Waals surface area contributed by atoms with Crippen LogP contribution in [0.2, 0.25) is 0 Å². The van der Waals surface area contributed by atoms with Gasteiger partial charge in [-0.25, -0.2) is 4.99 Å². The van der Waals surface area contributed by atoms with Gasteiger partial charge in [0.15, 0.2) is 0 Å². The van der Waals surface area contributed by atoms with E-state index < -0.39 is 0 Å². The van der Waals surface area contributed by atoms with E-state index >= 15 is 0 Å². The van der Waals surface area contributed by atoms with Crippen molar-refractivity contribution >= 4 is 11.5 Å². The molecule has 13 heavy (non-hydrogen) atoms. The first kappa shape index (κ1) is 8.30. The predicted molar refractivity (Wildman–Crippen MR) is 55.5 cm³/mol. The smallest absolute Gasteiger partial charge is 0.104 e. The Morgan fingerprint density at radius 1 is 1.38 bits per heavy atom. The predicted octanol–water partition coefficient (Wildman–Crippen LogP) is 2.35. The molecule has 1 aromatic rings. The van der Waals surface area contributed by atoms with Gasteiger partial charge < -0.3 is 5.73 Å². The Kier molecular flexibility index (Phi) is 1.83. The average molecular weight is 174 g/mol. The van der Waals surface area contributed by atoms with Crippen LogP contribution in [0.25, 0.3) is 0 Å². The number of rotatable bonds is 1. The Hall–Kier alpha value is -1.31. The third-order valence-corrected chi connectivity index (χ3v) is 2.41. The number of amidine groups is 1. The van der Waals surface area contributed by atoms with Crippen molar-refractivity contribution in [2.45, 2.75) is 26.2 Å². The lowest BCUT2D eigenvalue weighted by Gasteiger charge is -2.06. The minimum absolute atomic E-state index is 0.576. The summed E-state index contributed by atoms with van der Waals surface area (Å²) in [4.78, 5) is 4.25. The summed E-state index contributed by atoms with van der Waals surface area (Å²) in [6, 6.07) is 6.40. The second kappa shape index (κ2) is 2.87. The summed E-state index contributed by atoms with van der Waals surface area (Å²) >= 11 is 0. The molecule has 0 saturated heterocycles. The van der Waals surface area contributed by atoms with E-state index in [1.807, 2.05) is 0 Å². The van der Waals surface area contributed by atoms with Crippen molar-refractivity contribution in [2.75, 3.05) is 0 Å². The molecule has 2 nitrogen and oxygen atoms in total. The number of aliphatic imine (C=N–C) groups is 1. The van der Waals surface area contributed by atoms with Gasteiger partial charge in [0.1, 0.15) is 5.84 Å². The third kappa shape index (κ3) is 1.44. The minimum Gasteiger partial charge on any atom is -0.387 e. The highest BCUT2D eigenvalue weighted by Crippen LogP contribution is 2.28. The fourth-order valence-corrected chi connectivity index (χ4v) is 1.60. The summed E-state index contributed by atoms with van der Waals surface area (Å²) in [5, 5.41) is 0. The number of benzene rings is 1. The SMILES string of the molecule is CC(C)c1ccc2c(c1)CC(N)=N2. The second-order valence-corrected chi connectivity index (χ2v) is 3.82. The van der Waals surface area contributed by atoms with Crippen LogP contribution in [0.3, 0.4) is 0 Å². The van der Waals surface area contributed by atoms with Crippen LogP contribution in [-0.4, -0.2) is 5.84 Å². The molecule has 1 aromatic carbocycles. The molecule has 0 fully saturated rings. The van der Waals surface area contributed by atoms with Crippen molar-refractivity contribution in [3.05, 3.63) is 29.3 Å². The Morgan fingerprint density at radius 3 is 2.85 bits per heavy atom. The van der Waals surface area contributed by atoms with Crippen LogP contribution in [-0.2, 0) is 6.42 Å². The van der Waals surface area contributed by atoms with Gasteiger partial charge in [0.25, 0.3) is 0 Å². The minimum atomic E-state index is 0.576. The van der Waals surface area contributed by atoms with Gasteiger partial charge in [-0.15, -0.1) is 0 Å². The molecule has 0 saturated carbocycles. The van der Waals surface area contributed by atoms with E-state index in [0.717, 1.165) is 17.9 Å². The summed E-state index contributed by atoms with van der Waals surface area (Å²) in [6.07, 6.45) is 0.815. The summed E-state index contributed by atoms with van der Waals surface area (Å²) in [7, 11) is 0. The van der Waals surface area contributed by atoms with E-state index in [1.54, 1.807) is 0 Å². The number of hydrogen-bond donors (Lipinski definition) is 1. The lowest BCUT2D eigenvalue weighted by atomic mass is 9.99. The zero-order chi connectivity index (χ0) is 9.42. The number of nitrogens with two attached hydrogens (primary N) is 1. The van der Waals surface area contributed by atoms with Crippen molar-refractivity contribution in [3.63, 3.8) is 0 Å². The molecule has 0 bridgehead atoms. The Bertz CT molecular complexity index is 364. The monoisotopic (exact) mass is 174 g/mol. The summed E-state index contributed by atoms with van der Waals surface area (Å²) in [5.41, 5.74) is 9.34. The number of hydrogen-bond acceptors (Lipinski definition) is 2. The van der Waals surface area contributed by atoms with E-state index in [1.165, 1.54) is 11.1 Å². The molecule has 2 N–H and O–H groups in total. The van der Waals surface area contributed by atoms with E-state index in [2.05, 4.69) is 37.0 Å². The molecule has 0 atom stereocenters. The fraction of sp³-hybridized carbons (Fsp3) is 0.364. The lowest BCUT2D eigenvalue weighted by Crippen LogP contribution is -2.09. The molecule has 0 radical (unpaired) electrons. The first-order valence-electron chi connectivity index (χ1n) is 4.62. The van der Waals surface area contributed by atoms with Crippen molar-refractivity contribution in [1.29, 1.82) is 0 Å².